The lowest BCUT2D eigenvalue weighted by Gasteiger charge is -2.37. The zero-order chi connectivity index (χ0) is 15.8. The number of hydrogen-bond acceptors (Lipinski definition) is 4. The SMILES string of the molecule is C[C@@H]1CN(c2ccc([N+](=O)[O-])c(C(F)(F)F)c2)C[C@H](C)O1. The van der Waals surface area contributed by atoms with Crippen molar-refractivity contribution in [2.45, 2.75) is 32.2 Å². The second kappa shape index (κ2) is 5.51. The van der Waals surface area contributed by atoms with E-state index in [0.717, 1.165) is 12.1 Å². The molecule has 1 aliphatic rings. The summed E-state index contributed by atoms with van der Waals surface area (Å²) in [6, 6.07) is 3.09. The maximum absolute atomic E-state index is 13.0. The van der Waals surface area contributed by atoms with Gasteiger partial charge in [0.05, 0.1) is 17.1 Å². The van der Waals surface area contributed by atoms with Crippen molar-refractivity contribution >= 4 is 11.4 Å². The topological polar surface area (TPSA) is 55.6 Å². The van der Waals surface area contributed by atoms with Crippen LogP contribution in [0.15, 0.2) is 18.2 Å². The molecule has 5 nitrogen and oxygen atoms in total. The number of halogens is 3. The summed E-state index contributed by atoms with van der Waals surface area (Å²) >= 11 is 0. The van der Waals surface area contributed by atoms with Crippen molar-refractivity contribution in [2.75, 3.05) is 18.0 Å². The van der Waals surface area contributed by atoms with E-state index in [0.29, 0.717) is 18.8 Å². The first-order valence-corrected chi connectivity index (χ1v) is 6.44. The third-order valence-corrected chi connectivity index (χ3v) is 3.27. The summed E-state index contributed by atoms with van der Waals surface area (Å²) in [5.41, 5.74) is -1.84. The number of nitrogens with zero attached hydrogens (tertiary/aromatic N) is 2. The van der Waals surface area contributed by atoms with Crippen molar-refractivity contribution in [1.29, 1.82) is 0 Å². The molecule has 0 amide bonds. The van der Waals surface area contributed by atoms with Crippen LogP contribution in [0.25, 0.3) is 0 Å². The minimum atomic E-state index is -4.76. The lowest BCUT2D eigenvalue weighted by atomic mass is 10.1. The molecule has 0 saturated carbocycles. The van der Waals surface area contributed by atoms with Crippen LogP contribution in [0.1, 0.15) is 19.4 Å². The number of anilines is 1. The molecule has 2 atom stereocenters. The molecule has 1 aromatic rings. The van der Waals surface area contributed by atoms with Gasteiger partial charge in [0.15, 0.2) is 0 Å². The van der Waals surface area contributed by atoms with Gasteiger partial charge in [-0.1, -0.05) is 0 Å². The molecule has 116 valence electrons. The molecule has 1 aromatic carbocycles. The molecule has 1 saturated heterocycles. The second-order valence-electron chi connectivity index (χ2n) is 5.12. The van der Waals surface area contributed by atoms with E-state index in [9.17, 15) is 23.3 Å². The van der Waals surface area contributed by atoms with Crippen molar-refractivity contribution in [2.24, 2.45) is 0 Å². The molecule has 0 spiro atoms. The molecule has 8 heteroatoms. The van der Waals surface area contributed by atoms with E-state index < -0.39 is 22.4 Å². The number of rotatable bonds is 2. The summed E-state index contributed by atoms with van der Waals surface area (Å²) in [5, 5.41) is 10.7. The highest BCUT2D eigenvalue weighted by molar-refractivity contribution is 5.57. The number of benzene rings is 1. The lowest BCUT2D eigenvalue weighted by Crippen LogP contribution is -2.45. The summed E-state index contributed by atoms with van der Waals surface area (Å²) in [7, 11) is 0. The maximum Gasteiger partial charge on any atom is 0.423 e. The van der Waals surface area contributed by atoms with E-state index in [2.05, 4.69) is 0 Å². The molecule has 1 fully saturated rings. The quantitative estimate of drug-likeness (QED) is 0.622. The Morgan fingerprint density at radius 2 is 1.86 bits per heavy atom. The average Bonchev–Trinajstić information content (AvgIpc) is 2.35. The minimum Gasteiger partial charge on any atom is -0.372 e. The van der Waals surface area contributed by atoms with Crippen molar-refractivity contribution in [3.63, 3.8) is 0 Å². The highest BCUT2D eigenvalue weighted by atomic mass is 19.4. The largest absolute Gasteiger partial charge is 0.423 e. The summed E-state index contributed by atoms with van der Waals surface area (Å²) in [5.74, 6) is 0. The fourth-order valence-corrected chi connectivity index (χ4v) is 2.50. The lowest BCUT2D eigenvalue weighted by molar-refractivity contribution is -0.388. The van der Waals surface area contributed by atoms with E-state index in [4.69, 9.17) is 4.74 Å². The Balaban J connectivity index is 2.40. The number of nitro benzene ring substituents is 1. The van der Waals surface area contributed by atoms with Crippen LogP contribution in [0.4, 0.5) is 24.5 Å². The number of alkyl halides is 3. The van der Waals surface area contributed by atoms with Gasteiger partial charge >= 0.3 is 6.18 Å². The summed E-state index contributed by atoms with van der Waals surface area (Å²) in [6.07, 6.45) is -4.99. The maximum atomic E-state index is 13.0. The van der Waals surface area contributed by atoms with Crippen LogP contribution in [-0.4, -0.2) is 30.2 Å². The molecule has 0 unspecified atom stereocenters. The van der Waals surface area contributed by atoms with Gasteiger partial charge in [-0.25, -0.2) is 0 Å². The molecule has 0 bridgehead atoms. The fourth-order valence-electron chi connectivity index (χ4n) is 2.50. The van der Waals surface area contributed by atoms with E-state index in [-0.39, 0.29) is 12.2 Å². The third-order valence-electron chi connectivity index (χ3n) is 3.27. The predicted molar refractivity (Wildman–Crippen MR) is 70.3 cm³/mol. The Labute approximate surface area is 119 Å². The van der Waals surface area contributed by atoms with Crippen molar-refractivity contribution in [3.05, 3.63) is 33.9 Å². The van der Waals surface area contributed by atoms with Crippen LogP contribution in [0.3, 0.4) is 0 Å². The summed E-state index contributed by atoms with van der Waals surface area (Å²) in [4.78, 5) is 11.5. The van der Waals surface area contributed by atoms with Gasteiger partial charge < -0.3 is 9.64 Å². The second-order valence-corrected chi connectivity index (χ2v) is 5.12. The first kappa shape index (κ1) is 15.6. The van der Waals surface area contributed by atoms with Crippen LogP contribution in [0.5, 0.6) is 0 Å². The Morgan fingerprint density at radius 1 is 1.29 bits per heavy atom. The highest BCUT2D eigenvalue weighted by Gasteiger charge is 2.39. The molecule has 0 aliphatic carbocycles. The molecule has 0 N–H and O–H groups in total. The van der Waals surface area contributed by atoms with E-state index >= 15 is 0 Å². The molecule has 1 aliphatic heterocycles. The molecule has 0 aromatic heterocycles. The Kier molecular flexibility index (Phi) is 4.08. The van der Waals surface area contributed by atoms with Gasteiger partial charge in [0, 0.05) is 24.8 Å². The zero-order valence-corrected chi connectivity index (χ0v) is 11.6. The number of morpholine rings is 1. The average molecular weight is 304 g/mol. The van der Waals surface area contributed by atoms with Gasteiger partial charge in [-0.15, -0.1) is 0 Å². The summed E-state index contributed by atoms with van der Waals surface area (Å²) in [6.45, 7) is 4.55. The van der Waals surface area contributed by atoms with Gasteiger partial charge in [-0.05, 0) is 26.0 Å². The number of ether oxygens (including phenoxy) is 1. The molecule has 1 heterocycles. The number of nitro groups is 1. The van der Waals surface area contributed by atoms with Gasteiger partial charge in [-0.3, -0.25) is 10.1 Å². The highest BCUT2D eigenvalue weighted by Crippen LogP contribution is 2.38. The number of hydrogen-bond donors (Lipinski definition) is 0. The minimum absolute atomic E-state index is 0.113. The van der Waals surface area contributed by atoms with E-state index in [1.807, 2.05) is 13.8 Å². The van der Waals surface area contributed by atoms with Crippen LogP contribution >= 0.6 is 0 Å². The molecular formula is C13H15F3N2O3. The molecule has 0 radical (unpaired) electrons. The Morgan fingerprint density at radius 3 is 2.33 bits per heavy atom. The fraction of sp³-hybridized carbons (Fsp3) is 0.538. The van der Waals surface area contributed by atoms with E-state index in [1.165, 1.54) is 6.07 Å². The van der Waals surface area contributed by atoms with Crippen molar-refractivity contribution in [3.8, 4) is 0 Å². The Hall–Kier alpha value is -1.83. The summed E-state index contributed by atoms with van der Waals surface area (Å²) < 4.78 is 44.4. The van der Waals surface area contributed by atoms with E-state index in [1.54, 1.807) is 4.90 Å². The first-order valence-electron chi connectivity index (χ1n) is 6.44. The molecule has 21 heavy (non-hydrogen) atoms. The monoisotopic (exact) mass is 304 g/mol. The van der Waals surface area contributed by atoms with Gasteiger partial charge in [0.2, 0.25) is 0 Å². The first-order chi connectivity index (χ1) is 9.68. The Bertz CT molecular complexity index is 538. The van der Waals surface area contributed by atoms with Crippen molar-refractivity contribution < 1.29 is 22.8 Å². The van der Waals surface area contributed by atoms with Crippen LogP contribution in [0, 0.1) is 10.1 Å². The predicted octanol–water partition coefficient (Wildman–Crippen LogP) is 3.23. The molecular weight excluding hydrogens is 289 g/mol. The third kappa shape index (κ3) is 3.44. The standard InChI is InChI=1S/C13H15F3N2O3/c1-8-6-17(7-9(2)21-8)10-3-4-12(18(19)20)11(5-10)13(14,15)16/h3-5,8-9H,6-7H2,1-2H3/t8-,9+. The van der Waals surface area contributed by atoms with Gasteiger partial charge in [-0.2, -0.15) is 13.2 Å². The van der Waals surface area contributed by atoms with Gasteiger partial charge in [0.25, 0.3) is 5.69 Å². The van der Waals surface area contributed by atoms with Crippen LogP contribution < -0.4 is 4.90 Å². The van der Waals surface area contributed by atoms with Crippen LogP contribution in [0.2, 0.25) is 0 Å². The van der Waals surface area contributed by atoms with Crippen LogP contribution in [-0.2, 0) is 10.9 Å². The van der Waals surface area contributed by atoms with Gasteiger partial charge in [0.1, 0.15) is 5.56 Å². The zero-order valence-electron chi connectivity index (χ0n) is 11.6. The molecule has 2 rings (SSSR count). The van der Waals surface area contributed by atoms with Crippen molar-refractivity contribution in [1.82, 2.24) is 0 Å². The smallest absolute Gasteiger partial charge is 0.372 e. The normalized spacial score (nSPS) is 23.2.